The Labute approximate surface area is 106 Å². The third-order valence-electron chi connectivity index (χ3n) is 2.60. The van der Waals surface area contributed by atoms with E-state index in [-0.39, 0.29) is 0 Å². The van der Waals surface area contributed by atoms with Crippen molar-refractivity contribution in [3.63, 3.8) is 0 Å². The molecule has 1 aromatic heterocycles. The van der Waals surface area contributed by atoms with Crippen molar-refractivity contribution in [1.29, 1.82) is 0 Å². The summed E-state index contributed by atoms with van der Waals surface area (Å²) >= 11 is 3.20. The van der Waals surface area contributed by atoms with Gasteiger partial charge in [-0.25, -0.2) is 4.79 Å². The van der Waals surface area contributed by atoms with Crippen molar-refractivity contribution in [2.75, 3.05) is 14.2 Å². The fraction of sp³-hybridized carbons (Fsp3) is 0.250. The van der Waals surface area contributed by atoms with Gasteiger partial charge in [-0.2, -0.15) is 0 Å². The summed E-state index contributed by atoms with van der Waals surface area (Å²) in [5.74, 6) is 1.13. The molecule has 0 fully saturated rings. The molecule has 1 aromatic carbocycles. The van der Waals surface area contributed by atoms with Gasteiger partial charge in [0.15, 0.2) is 11.5 Å². The lowest BCUT2D eigenvalue weighted by Crippen LogP contribution is -2.02. The van der Waals surface area contributed by atoms with Crippen LogP contribution in [0.2, 0.25) is 0 Å². The van der Waals surface area contributed by atoms with Crippen LogP contribution < -0.4 is 15.1 Å². The minimum absolute atomic E-state index is 0.401. The van der Waals surface area contributed by atoms with E-state index in [4.69, 9.17) is 13.9 Å². The maximum absolute atomic E-state index is 11.5. The maximum atomic E-state index is 11.5. The predicted molar refractivity (Wildman–Crippen MR) is 68.0 cm³/mol. The molecule has 0 bridgehead atoms. The highest BCUT2D eigenvalue weighted by atomic mass is 79.9. The number of benzene rings is 1. The van der Waals surface area contributed by atoms with Crippen molar-refractivity contribution in [2.24, 2.45) is 0 Å². The average molecular weight is 299 g/mol. The molecule has 4 nitrogen and oxygen atoms in total. The first-order valence-corrected chi connectivity index (χ1v) is 5.72. The van der Waals surface area contributed by atoms with Crippen LogP contribution in [0.25, 0.3) is 11.0 Å². The molecule has 0 spiro atoms. The molecule has 0 N–H and O–H groups in total. The van der Waals surface area contributed by atoms with Crippen LogP contribution in [-0.4, -0.2) is 14.2 Å². The van der Waals surface area contributed by atoms with Gasteiger partial charge in [-0.3, -0.25) is 0 Å². The molecule has 5 heteroatoms. The molecular formula is C12H11BrO4. The van der Waals surface area contributed by atoms with Gasteiger partial charge in [0.25, 0.3) is 0 Å². The molecule has 0 aliphatic carbocycles. The molecule has 0 atom stereocenters. The number of methoxy groups -OCH3 is 2. The van der Waals surface area contributed by atoms with E-state index in [1.54, 1.807) is 19.2 Å². The lowest BCUT2D eigenvalue weighted by molar-refractivity contribution is 0.355. The first-order valence-electron chi connectivity index (χ1n) is 4.93. The van der Waals surface area contributed by atoms with Crippen molar-refractivity contribution < 1.29 is 13.9 Å². The van der Waals surface area contributed by atoms with E-state index in [1.165, 1.54) is 7.11 Å². The van der Waals surface area contributed by atoms with Gasteiger partial charge in [0, 0.05) is 11.5 Å². The summed E-state index contributed by atoms with van der Waals surface area (Å²) in [5, 5.41) is 0.814. The zero-order valence-electron chi connectivity index (χ0n) is 9.67. The van der Waals surface area contributed by atoms with Crippen LogP contribution in [0.15, 0.2) is 25.8 Å². The first kappa shape index (κ1) is 12.0. The summed E-state index contributed by atoms with van der Waals surface area (Å²) in [4.78, 5) is 11.5. The molecular weight excluding hydrogens is 288 g/mol. The molecule has 1 heterocycles. The Morgan fingerprint density at radius 3 is 2.35 bits per heavy atom. The van der Waals surface area contributed by atoms with Gasteiger partial charge < -0.3 is 13.9 Å². The van der Waals surface area contributed by atoms with Gasteiger partial charge in [-0.15, -0.1) is 0 Å². The Bertz CT molecular complexity index is 630. The van der Waals surface area contributed by atoms with E-state index in [1.807, 2.05) is 6.92 Å². The third kappa shape index (κ3) is 1.91. The normalized spacial score (nSPS) is 10.6. The van der Waals surface area contributed by atoms with E-state index in [0.29, 0.717) is 21.6 Å². The number of halogens is 1. The van der Waals surface area contributed by atoms with E-state index in [0.717, 1.165) is 10.9 Å². The van der Waals surface area contributed by atoms with Crippen LogP contribution >= 0.6 is 15.9 Å². The quantitative estimate of drug-likeness (QED) is 0.800. The highest BCUT2D eigenvalue weighted by Crippen LogP contribution is 2.34. The summed E-state index contributed by atoms with van der Waals surface area (Å²) in [6.07, 6.45) is 0. The largest absolute Gasteiger partial charge is 0.493 e. The van der Waals surface area contributed by atoms with Crippen LogP contribution in [0.4, 0.5) is 0 Å². The second-order valence-electron chi connectivity index (χ2n) is 3.53. The summed E-state index contributed by atoms with van der Waals surface area (Å²) < 4.78 is 16.0. The summed E-state index contributed by atoms with van der Waals surface area (Å²) in [7, 11) is 3.10. The summed E-state index contributed by atoms with van der Waals surface area (Å²) in [6.45, 7) is 1.84. The second-order valence-corrected chi connectivity index (χ2v) is 4.32. The van der Waals surface area contributed by atoms with Crippen molar-refractivity contribution in [3.05, 3.63) is 32.6 Å². The van der Waals surface area contributed by atoms with E-state index in [2.05, 4.69) is 15.9 Å². The fourth-order valence-corrected chi connectivity index (χ4v) is 1.95. The van der Waals surface area contributed by atoms with Gasteiger partial charge in [0.1, 0.15) is 10.1 Å². The smallest absolute Gasteiger partial charge is 0.350 e. The van der Waals surface area contributed by atoms with Gasteiger partial charge in [-0.05, 0) is 34.5 Å². The third-order valence-corrected chi connectivity index (χ3v) is 3.52. The molecule has 17 heavy (non-hydrogen) atoms. The molecule has 0 amide bonds. The fourth-order valence-electron chi connectivity index (χ4n) is 1.65. The summed E-state index contributed by atoms with van der Waals surface area (Å²) in [5.41, 5.74) is 0.896. The minimum Gasteiger partial charge on any atom is -0.493 e. The highest BCUT2D eigenvalue weighted by Gasteiger charge is 2.13. The first-order chi connectivity index (χ1) is 8.08. The Kier molecular flexibility index (Phi) is 3.11. The van der Waals surface area contributed by atoms with Crippen molar-refractivity contribution >= 4 is 26.9 Å². The predicted octanol–water partition coefficient (Wildman–Crippen LogP) is 2.88. The molecule has 0 aliphatic rings. The average Bonchev–Trinajstić information content (AvgIpc) is 2.34. The standard InChI is InChI=1S/C12H11BrO4/c1-6-7-4-9(15-2)10(16-3)5-8(7)17-12(14)11(6)13/h4-5H,1-3H3. The van der Waals surface area contributed by atoms with Crippen molar-refractivity contribution in [3.8, 4) is 11.5 Å². The molecule has 0 saturated carbocycles. The SMILES string of the molecule is COc1cc2oc(=O)c(Br)c(C)c2cc1OC. The van der Waals surface area contributed by atoms with Crippen LogP contribution in [-0.2, 0) is 0 Å². The Morgan fingerprint density at radius 2 is 1.76 bits per heavy atom. The van der Waals surface area contributed by atoms with Crippen LogP contribution in [0.3, 0.4) is 0 Å². The number of hydrogen-bond donors (Lipinski definition) is 0. The lowest BCUT2D eigenvalue weighted by Gasteiger charge is -2.10. The monoisotopic (exact) mass is 298 g/mol. The topological polar surface area (TPSA) is 48.7 Å². The zero-order chi connectivity index (χ0) is 12.6. The Balaban J connectivity index is 2.88. The second kappa shape index (κ2) is 4.41. The number of rotatable bonds is 2. The molecule has 2 aromatic rings. The number of aryl methyl sites for hydroxylation is 1. The highest BCUT2D eigenvalue weighted by molar-refractivity contribution is 9.10. The maximum Gasteiger partial charge on any atom is 0.350 e. The molecule has 0 saturated heterocycles. The van der Waals surface area contributed by atoms with Crippen molar-refractivity contribution in [1.82, 2.24) is 0 Å². The molecule has 0 radical (unpaired) electrons. The van der Waals surface area contributed by atoms with Crippen LogP contribution in [0.1, 0.15) is 5.56 Å². The Hall–Kier alpha value is -1.49. The number of ether oxygens (including phenoxy) is 2. The van der Waals surface area contributed by atoms with E-state index < -0.39 is 5.63 Å². The van der Waals surface area contributed by atoms with Crippen molar-refractivity contribution in [2.45, 2.75) is 6.92 Å². The van der Waals surface area contributed by atoms with Crippen LogP contribution in [0.5, 0.6) is 11.5 Å². The number of fused-ring (bicyclic) bond motifs is 1. The molecule has 2 rings (SSSR count). The molecule has 90 valence electrons. The lowest BCUT2D eigenvalue weighted by atomic mass is 10.1. The van der Waals surface area contributed by atoms with Crippen LogP contribution in [0, 0.1) is 6.92 Å². The molecule has 0 unspecified atom stereocenters. The van der Waals surface area contributed by atoms with E-state index >= 15 is 0 Å². The van der Waals surface area contributed by atoms with Gasteiger partial charge >= 0.3 is 5.63 Å². The summed E-state index contributed by atoms with van der Waals surface area (Å²) in [6, 6.07) is 3.44. The zero-order valence-corrected chi connectivity index (χ0v) is 11.3. The minimum atomic E-state index is -0.401. The van der Waals surface area contributed by atoms with Gasteiger partial charge in [0.2, 0.25) is 0 Å². The number of hydrogen-bond acceptors (Lipinski definition) is 4. The Morgan fingerprint density at radius 1 is 1.18 bits per heavy atom. The molecule has 0 aliphatic heterocycles. The van der Waals surface area contributed by atoms with E-state index in [9.17, 15) is 4.79 Å². The van der Waals surface area contributed by atoms with Gasteiger partial charge in [0.05, 0.1) is 14.2 Å². The van der Waals surface area contributed by atoms with Gasteiger partial charge in [-0.1, -0.05) is 0 Å².